The van der Waals surface area contributed by atoms with Crippen molar-refractivity contribution in [2.45, 2.75) is 45.8 Å². The second-order valence-corrected chi connectivity index (χ2v) is 5.32. The summed E-state index contributed by atoms with van der Waals surface area (Å²) in [6, 6.07) is 5.13. The van der Waals surface area contributed by atoms with Gasteiger partial charge in [0.15, 0.2) is 0 Å². The van der Waals surface area contributed by atoms with Crippen molar-refractivity contribution in [2.24, 2.45) is 5.73 Å². The summed E-state index contributed by atoms with van der Waals surface area (Å²) in [5, 5.41) is 19.8. The van der Waals surface area contributed by atoms with Crippen LogP contribution in [0.2, 0.25) is 0 Å². The Bertz CT molecular complexity index is 562. The van der Waals surface area contributed by atoms with Crippen LogP contribution in [0.3, 0.4) is 0 Å². The van der Waals surface area contributed by atoms with E-state index in [0.29, 0.717) is 17.7 Å². The van der Waals surface area contributed by atoms with Crippen LogP contribution < -0.4 is 10.5 Å². The van der Waals surface area contributed by atoms with E-state index in [2.05, 4.69) is 0 Å². The molecule has 1 rings (SSSR count). The summed E-state index contributed by atoms with van der Waals surface area (Å²) in [5.74, 6) is 0.448. The molecule has 2 unspecified atom stereocenters. The maximum absolute atomic E-state index is 10.9. The normalized spacial score (nSPS) is 15.0. The van der Waals surface area contributed by atoms with E-state index in [1.165, 1.54) is 6.07 Å². The molecule has 1 aromatic rings. The summed E-state index contributed by atoms with van der Waals surface area (Å²) in [6.07, 6.45) is 0.0237. The molecule has 20 heavy (non-hydrogen) atoms. The first-order valence-electron chi connectivity index (χ1n) is 6.28. The number of rotatable bonds is 5. The minimum atomic E-state index is -0.982. The fourth-order valence-corrected chi connectivity index (χ4v) is 2.05. The van der Waals surface area contributed by atoms with E-state index in [-0.39, 0.29) is 11.8 Å². The zero-order chi connectivity index (χ0) is 15.5. The van der Waals surface area contributed by atoms with E-state index >= 15 is 0 Å². The zero-order valence-electron chi connectivity index (χ0n) is 12.1. The molecule has 2 atom stereocenters. The third-order valence-electron chi connectivity index (χ3n) is 2.99. The van der Waals surface area contributed by atoms with Gasteiger partial charge in [-0.2, -0.15) is 5.26 Å². The van der Waals surface area contributed by atoms with Crippen molar-refractivity contribution in [2.75, 3.05) is 0 Å². The molecule has 0 fully saturated rings. The predicted molar refractivity (Wildman–Crippen MR) is 75.5 cm³/mol. The molecule has 0 aliphatic carbocycles. The van der Waals surface area contributed by atoms with Gasteiger partial charge in [0.25, 0.3) is 5.69 Å². The van der Waals surface area contributed by atoms with Crippen LogP contribution in [0.4, 0.5) is 5.69 Å². The Morgan fingerprint density at radius 2 is 2.10 bits per heavy atom. The number of nitro groups is 1. The second kappa shape index (κ2) is 5.88. The zero-order valence-corrected chi connectivity index (χ0v) is 12.1. The molecule has 0 bridgehead atoms. The SMILES string of the molecule is Cc1cc(C)c([N+](=O)[O-])cc1OC(C)CC(C)(N)C#N. The molecule has 0 aliphatic rings. The van der Waals surface area contributed by atoms with Gasteiger partial charge in [0.2, 0.25) is 0 Å². The van der Waals surface area contributed by atoms with E-state index in [4.69, 9.17) is 15.7 Å². The number of hydrogen-bond acceptors (Lipinski definition) is 5. The van der Waals surface area contributed by atoms with E-state index in [1.54, 1.807) is 26.8 Å². The fourth-order valence-electron chi connectivity index (χ4n) is 2.05. The summed E-state index contributed by atoms with van der Waals surface area (Å²) in [4.78, 5) is 10.5. The molecule has 1 aromatic carbocycles. The van der Waals surface area contributed by atoms with Crippen LogP contribution in [0.1, 0.15) is 31.4 Å². The Labute approximate surface area is 118 Å². The summed E-state index contributed by atoms with van der Waals surface area (Å²) >= 11 is 0. The van der Waals surface area contributed by atoms with Crippen LogP contribution in [0.25, 0.3) is 0 Å². The Kier molecular flexibility index (Phi) is 4.69. The number of nitro benzene ring substituents is 1. The smallest absolute Gasteiger partial charge is 0.276 e. The number of aryl methyl sites for hydroxylation is 2. The number of hydrogen-bond donors (Lipinski definition) is 1. The molecule has 0 saturated carbocycles. The van der Waals surface area contributed by atoms with E-state index in [9.17, 15) is 10.1 Å². The molecule has 6 nitrogen and oxygen atoms in total. The third kappa shape index (κ3) is 3.93. The summed E-state index contributed by atoms with van der Waals surface area (Å²) in [7, 11) is 0. The van der Waals surface area contributed by atoms with Crippen molar-refractivity contribution < 1.29 is 9.66 Å². The Balaban J connectivity index is 2.96. The average molecular weight is 277 g/mol. The largest absolute Gasteiger partial charge is 0.490 e. The van der Waals surface area contributed by atoms with Gasteiger partial charge in [-0.25, -0.2) is 0 Å². The molecule has 0 radical (unpaired) electrons. The van der Waals surface area contributed by atoms with E-state index in [0.717, 1.165) is 5.56 Å². The van der Waals surface area contributed by atoms with Gasteiger partial charge in [0.1, 0.15) is 11.3 Å². The first-order valence-corrected chi connectivity index (χ1v) is 6.28. The lowest BCUT2D eigenvalue weighted by Gasteiger charge is -2.22. The Morgan fingerprint density at radius 3 is 2.60 bits per heavy atom. The van der Waals surface area contributed by atoms with Crippen molar-refractivity contribution in [1.29, 1.82) is 5.26 Å². The first kappa shape index (κ1) is 15.9. The monoisotopic (exact) mass is 277 g/mol. The second-order valence-electron chi connectivity index (χ2n) is 5.32. The molecule has 6 heteroatoms. The van der Waals surface area contributed by atoms with E-state index < -0.39 is 10.5 Å². The van der Waals surface area contributed by atoms with Gasteiger partial charge in [-0.05, 0) is 39.3 Å². The van der Waals surface area contributed by atoms with Crippen LogP contribution >= 0.6 is 0 Å². The van der Waals surface area contributed by atoms with Gasteiger partial charge in [-0.3, -0.25) is 10.1 Å². The van der Waals surface area contributed by atoms with E-state index in [1.807, 2.05) is 13.0 Å². The quantitative estimate of drug-likeness (QED) is 0.658. The van der Waals surface area contributed by atoms with Gasteiger partial charge in [0.05, 0.1) is 23.2 Å². The average Bonchev–Trinajstić information content (AvgIpc) is 2.31. The highest BCUT2D eigenvalue weighted by Gasteiger charge is 2.23. The topological polar surface area (TPSA) is 102 Å². The van der Waals surface area contributed by atoms with Crippen molar-refractivity contribution >= 4 is 5.69 Å². The Hall–Kier alpha value is -2.13. The summed E-state index contributed by atoms with van der Waals surface area (Å²) in [5.41, 5.74) is 6.21. The van der Waals surface area contributed by atoms with Crippen LogP contribution in [0.5, 0.6) is 5.75 Å². The molecule has 0 amide bonds. The van der Waals surface area contributed by atoms with Gasteiger partial charge < -0.3 is 10.5 Å². The molecule has 108 valence electrons. The van der Waals surface area contributed by atoms with Crippen LogP contribution in [-0.4, -0.2) is 16.6 Å². The summed E-state index contributed by atoms with van der Waals surface area (Å²) in [6.45, 7) is 6.92. The Morgan fingerprint density at radius 1 is 1.50 bits per heavy atom. The van der Waals surface area contributed by atoms with Gasteiger partial charge in [-0.1, -0.05) is 0 Å². The molecule has 0 spiro atoms. The highest BCUT2D eigenvalue weighted by atomic mass is 16.6. The van der Waals surface area contributed by atoms with Crippen molar-refractivity contribution in [3.8, 4) is 11.8 Å². The van der Waals surface area contributed by atoms with Gasteiger partial charge in [-0.15, -0.1) is 0 Å². The lowest BCUT2D eigenvalue weighted by Crippen LogP contribution is -2.38. The number of nitrogens with two attached hydrogens (primary N) is 1. The number of ether oxygens (including phenoxy) is 1. The first-order chi connectivity index (χ1) is 9.16. The lowest BCUT2D eigenvalue weighted by molar-refractivity contribution is -0.385. The predicted octanol–water partition coefficient (Wildman–Crippen LogP) is 2.61. The number of nitrogens with zero attached hydrogens (tertiary/aromatic N) is 2. The minimum Gasteiger partial charge on any atom is -0.490 e. The molecular formula is C14H19N3O3. The molecular weight excluding hydrogens is 258 g/mol. The lowest BCUT2D eigenvalue weighted by atomic mass is 9.98. The maximum atomic E-state index is 10.9. The van der Waals surface area contributed by atoms with Gasteiger partial charge in [0, 0.05) is 12.0 Å². The van der Waals surface area contributed by atoms with Crippen molar-refractivity contribution in [3.63, 3.8) is 0 Å². The molecule has 2 N–H and O–H groups in total. The standard InChI is InChI=1S/C14H19N3O3/c1-9-5-10(2)13(6-12(9)17(18)19)20-11(3)7-14(4,16)8-15/h5-6,11H,7,16H2,1-4H3. The van der Waals surface area contributed by atoms with Crippen LogP contribution in [0, 0.1) is 35.3 Å². The van der Waals surface area contributed by atoms with Crippen LogP contribution in [0.15, 0.2) is 12.1 Å². The summed E-state index contributed by atoms with van der Waals surface area (Å²) < 4.78 is 5.69. The van der Waals surface area contributed by atoms with Crippen molar-refractivity contribution in [3.05, 3.63) is 33.4 Å². The number of nitriles is 1. The van der Waals surface area contributed by atoms with Crippen LogP contribution in [-0.2, 0) is 0 Å². The van der Waals surface area contributed by atoms with Crippen molar-refractivity contribution in [1.82, 2.24) is 0 Å². The highest BCUT2D eigenvalue weighted by molar-refractivity contribution is 5.49. The van der Waals surface area contributed by atoms with Gasteiger partial charge >= 0.3 is 0 Å². The maximum Gasteiger partial charge on any atom is 0.276 e. The third-order valence-corrected chi connectivity index (χ3v) is 2.99. The minimum absolute atomic E-state index is 0.0218. The fraction of sp³-hybridized carbons (Fsp3) is 0.500. The molecule has 0 aliphatic heterocycles. The highest BCUT2D eigenvalue weighted by Crippen LogP contribution is 2.29. The molecule has 0 heterocycles. The molecule has 0 saturated heterocycles. The number of benzene rings is 1. The molecule has 0 aromatic heterocycles.